The van der Waals surface area contributed by atoms with E-state index in [4.69, 9.17) is 0 Å². The summed E-state index contributed by atoms with van der Waals surface area (Å²) in [6.07, 6.45) is 1.65. The molecule has 3 rings (SSSR count). The Kier molecular flexibility index (Phi) is 6.55. The molecule has 1 aromatic heterocycles. The lowest BCUT2D eigenvalue weighted by molar-refractivity contribution is 0.0945. The van der Waals surface area contributed by atoms with E-state index in [1.165, 1.54) is 22.4 Å². The zero-order valence-electron chi connectivity index (χ0n) is 16.2. The summed E-state index contributed by atoms with van der Waals surface area (Å²) >= 11 is 0. The van der Waals surface area contributed by atoms with Crippen molar-refractivity contribution in [3.05, 3.63) is 83.4 Å². The second kappa shape index (κ2) is 9.28. The molecule has 3 aromatic rings. The van der Waals surface area contributed by atoms with Gasteiger partial charge in [-0.05, 0) is 48.5 Å². The van der Waals surface area contributed by atoms with Gasteiger partial charge in [-0.3, -0.25) is 9.69 Å². The third-order valence-electron chi connectivity index (χ3n) is 4.64. The van der Waals surface area contributed by atoms with Crippen LogP contribution in [-0.2, 0) is 13.1 Å². The van der Waals surface area contributed by atoms with Crippen LogP contribution in [0.25, 0.3) is 5.69 Å². The van der Waals surface area contributed by atoms with Gasteiger partial charge in [0.15, 0.2) is 5.69 Å². The molecular formula is C22H25FN4O. The molecule has 1 heterocycles. The smallest absolute Gasteiger partial charge is 0.272 e. The van der Waals surface area contributed by atoms with Crippen molar-refractivity contribution < 1.29 is 9.18 Å². The van der Waals surface area contributed by atoms with Crippen LogP contribution in [0, 0.1) is 5.82 Å². The molecular weight excluding hydrogens is 355 g/mol. The first-order chi connectivity index (χ1) is 13.6. The number of carbonyl (C=O) groups excluding carboxylic acids is 1. The van der Waals surface area contributed by atoms with Crippen LogP contribution in [0.3, 0.4) is 0 Å². The van der Waals surface area contributed by atoms with Gasteiger partial charge in [0.25, 0.3) is 5.91 Å². The predicted molar refractivity (Wildman–Crippen MR) is 108 cm³/mol. The van der Waals surface area contributed by atoms with Crippen molar-refractivity contribution in [1.29, 1.82) is 0 Å². The van der Waals surface area contributed by atoms with E-state index in [-0.39, 0.29) is 11.7 Å². The van der Waals surface area contributed by atoms with Crippen LogP contribution >= 0.6 is 0 Å². The van der Waals surface area contributed by atoms with E-state index in [1.807, 2.05) is 12.1 Å². The Morgan fingerprint density at radius 1 is 1.07 bits per heavy atom. The maximum atomic E-state index is 13.4. The minimum atomic E-state index is -0.344. The molecule has 5 nitrogen and oxygen atoms in total. The SMILES string of the molecule is CCN(CC)Cc1cccc(CNC(=O)c2ccn(-c3cccc(F)c3)n2)c1. The van der Waals surface area contributed by atoms with Crippen LogP contribution in [0.1, 0.15) is 35.5 Å². The summed E-state index contributed by atoms with van der Waals surface area (Å²) in [6, 6.07) is 15.9. The first-order valence-corrected chi connectivity index (χ1v) is 9.49. The second-order valence-corrected chi connectivity index (χ2v) is 6.59. The molecule has 146 valence electrons. The molecule has 6 heteroatoms. The van der Waals surface area contributed by atoms with Crippen LogP contribution in [0.2, 0.25) is 0 Å². The highest BCUT2D eigenvalue weighted by Crippen LogP contribution is 2.11. The fourth-order valence-corrected chi connectivity index (χ4v) is 3.02. The largest absolute Gasteiger partial charge is 0.347 e. The van der Waals surface area contributed by atoms with Gasteiger partial charge in [-0.2, -0.15) is 5.10 Å². The molecule has 1 N–H and O–H groups in total. The van der Waals surface area contributed by atoms with Crippen LogP contribution in [0.4, 0.5) is 4.39 Å². The Labute approximate surface area is 164 Å². The highest BCUT2D eigenvalue weighted by molar-refractivity contribution is 5.92. The first-order valence-electron chi connectivity index (χ1n) is 9.49. The third kappa shape index (κ3) is 5.04. The predicted octanol–water partition coefficient (Wildman–Crippen LogP) is 3.78. The van der Waals surface area contributed by atoms with E-state index >= 15 is 0 Å². The summed E-state index contributed by atoms with van der Waals surface area (Å²) in [7, 11) is 0. The summed E-state index contributed by atoms with van der Waals surface area (Å²) in [5, 5.41) is 7.14. The van der Waals surface area contributed by atoms with Gasteiger partial charge in [-0.1, -0.05) is 44.2 Å². The number of aromatic nitrogens is 2. The monoisotopic (exact) mass is 380 g/mol. The van der Waals surface area contributed by atoms with Gasteiger partial charge in [0, 0.05) is 19.3 Å². The molecule has 0 atom stereocenters. The maximum absolute atomic E-state index is 13.4. The average Bonchev–Trinajstić information content (AvgIpc) is 3.21. The summed E-state index contributed by atoms with van der Waals surface area (Å²) in [5.41, 5.74) is 3.14. The minimum absolute atomic E-state index is 0.260. The zero-order chi connectivity index (χ0) is 19.9. The maximum Gasteiger partial charge on any atom is 0.272 e. The number of nitrogens with zero attached hydrogens (tertiary/aromatic N) is 3. The fourth-order valence-electron chi connectivity index (χ4n) is 3.02. The number of hydrogen-bond acceptors (Lipinski definition) is 3. The number of rotatable bonds is 8. The van der Waals surface area contributed by atoms with Gasteiger partial charge in [-0.25, -0.2) is 9.07 Å². The Morgan fingerprint density at radius 2 is 1.82 bits per heavy atom. The van der Waals surface area contributed by atoms with Crippen molar-refractivity contribution in [1.82, 2.24) is 20.0 Å². The van der Waals surface area contributed by atoms with Gasteiger partial charge in [0.2, 0.25) is 0 Å². The second-order valence-electron chi connectivity index (χ2n) is 6.59. The summed E-state index contributed by atoms with van der Waals surface area (Å²) in [6.45, 7) is 7.63. The van der Waals surface area contributed by atoms with Crippen LogP contribution in [0.5, 0.6) is 0 Å². The lowest BCUT2D eigenvalue weighted by Gasteiger charge is -2.18. The number of hydrogen-bond donors (Lipinski definition) is 1. The molecule has 0 unspecified atom stereocenters. The van der Waals surface area contributed by atoms with Gasteiger partial charge in [-0.15, -0.1) is 0 Å². The Bertz CT molecular complexity index is 934. The topological polar surface area (TPSA) is 50.2 Å². The molecule has 0 fully saturated rings. The van der Waals surface area contributed by atoms with Crippen LogP contribution in [-0.4, -0.2) is 33.7 Å². The number of halogens is 1. The van der Waals surface area contributed by atoms with Crippen molar-refractivity contribution >= 4 is 5.91 Å². The molecule has 2 aromatic carbocycles. The van der Waals surface area contributed by atoms with Crippen molar-refractivity contribution in [3.63, 3.8) is 0 Å². The molecule has 0 saturated heterocycles. The van der Waals surface area contributed by atoms with Crippen LogP contribution < -0.4 is 5.32 Å². The molecule has 0 saturated carbocycles. The highest BCUT2D eigenvalue weighted by Gasteiger charge is 2.11. The van der Waals surface area contributed by atoms with Gasteiger partial charge in [0.05, 0.1) is 5.69 Å². The molecule has 0 aliphatic heterocycles. The standard InChI is InChI=1S/C22H25FN4O/c1-3-26(4-2)16-18-8-5-7-17(13-18)15-24-22(28)21-11-12-27(25-21)20-10-6-9-19(23)14-20/h5-14H,3-4,15-16H2,1-2H3,(H,24,28). The van der Waals surface area contributed by atoms with Crippen molar-refractivity contribution in [3.8, 4) is 5.69 Å². The van der Waals surface area contributed by atoms with E-state index in [0.29, 0.717) is 17.9 Å². The quantitative estimate of drug-likeness (QED) is 0.647. The van der Waals surface area contributed by atoms with E-state index in [2.05, 4.69) is 41.3 Å². The summed E-state index contributed by atoms with van der Waals surface area (Å²) in [4.78, 5) is 14.8. The first kappa shape index (κ1) is 19.8. The van der Waals surface area contributed by atoms with E-state index < -0.39 is 0 Å². The average molecular weight is 380 g/mol. The number of nitrogens with one attached hydrogen (secondary N) is 1. The molecule has 0 spiro atoms. The molecule has 28 heavy (non-hydrogen) atoms. The van der Waals surface area contributed by atoms with Gasteiger partial charge >= 0.3 is 0 Å². The minimum Gasteiger partial charge on any atom is -0.347 e. The molecule has 0 radical (unpaired) electrons. The van der Waals surface area contributed by atoms with Crippen molar-refractivity contribution in [2.24, 2.45) is 0 Å². The molecule has 0 aliphatic carbocycles. The summed E-state index contributed by atoms with van der Waals surface area (Å²) in [5.74, 6) is -0.604. The lowest BCUT2D eigenvalue weighted by Crippen LogP contribution is -2.24. The number of carbonyl (C=O) groups is 1. The van der Waals surface area contributed by atoms with E-state index in [0.717, 1.165) is 25.2 Å². The van der Waals surface area contributed by atoms with Crippen molar-refractivity contribution in [2.75, 3.05) is 13.1 Å². The van der Waals surface area contributed by atoms with E-state index in [9.17, 15) is 9.18 Å². The highest BCUT2D eigenvalue weighted by atomic mass is 19.1. The molecule has 0 aliphatic rings. The summed E-state index contributed by atoms with van der Waals surface area (Å²) < 4.78 is 14.8. The third-order valence-corrected chi connectivity index (χ3v) is 4.64. The fraction of sp³-hybridized carbons (Fsp3) is 0.273. The molecule has 0 bridgehead atoms. The van der Waals surface area contributed by atoms with Crippen LogP contribution in [0.15, 0.2) is 60.8 Å². The van der Waals surface area contributed by atoms with E-state index in [1.54, 1.807) is 24.4 Å². The Morgan fingerprint density at radius 3 is 2.57 bits per heavy atom. The van der Waals surface area contributed by atoms with Gasteiger partial charge < -0.3 is 5.32 Å². The lowest BCUT2D eigenvalue weighted by atomic mass is 10.1. The zero-order valence-corrected chi connectivity index (χ0v) is 16.2. The normalized spacial score (nSPS) is 11.0. The molecule has 1 amide bonds. The number of benzene rings is 2. The number of amides is 1. The van der Waals surface area contributed by atoms with Gasteiger partial charge in [0.1, 0.15) is 5.82 Å². The van der Waals surface area contributed by atoms with Crippen molar-refractivity contribution in [2.45, 2.75) is 26.9 Å². The Balaban J connectivity index is 1.62. The Hall–Kier alpha value is -2.99.